The fraction of sp³-hybridized carbons (Fsp3) is 0.375. The summed E-state index contributed by atoms with van der Waals surface area (Å²) in [5.41, 5.74) is -1.25. The number of amides is 1. The number of nitrogens with one attached hydrogen (secondary N) is 1. The lowest BCUT2D eigenvalue weighted by Gasteiger charge is -2.51. The van der Waals surface area contributed by atoms with Crippen LogP contribution < -0.4 is 22.3 Å². The number of aliphatic hydroxyl groups is 1. The predicted octanol–water partition coefficient (Wildman–Crippen LogP) is -0.702. The van der Waals surface area contributed by atoms with Gasteiger partial charge in [0, 0.05) is 30.4 Å². The van der Waals surface area contributed by atoms with Crippen molar-refractivity contribution < 1.29 is 49.8 Å². The minimum absolute atomic E-state index is 0. The second-order valence-corrected chi connectivity index (χ2v) is 8.93. The van der Waals surface area contributed by atoms with Crippen molar-refractivity contribution in [1.82, 2.24) is 5.16 Å². The van der Waals surface area contributed by atoms with Crippen molar-refractivity contribution in [3.8, 4) is 0 Å². The molecule has 3 aliphatic rings. The largest absolute Gasteiger partial charge is 1.00 e. The predicted molar refractivity (Wildman–Crippen MR) is 116 cm³/mol. The van der Waals surface area contributed by atoms with Gasteiger partial charge in [0.2, 0.25) is 5.60 Å². The van der Waals surface area contributed by atoms with Gasteiger partial charge >= 0.3 is 5.97 Å². The van der Waals surface area contributed by atoms with Crippen molar-refractivity contribution in [2.75, 3.05) is 31.5 Å². The normalized spacial score (nSPS) is 25.1. The first-order valence-corrected chi connectivity index (χ1v) is 11.1. The molecule has 1 aromatic carbocycles. The number of quaternary nitrogens is 1. The number of piperidine rings is 3. The van der Waals surface area contributed by atoms with E-state index in [-0.39, 0.29) is 41.5 Å². The van der Waals surface area contributed by atoms with Gasteiger partial charge in [0.15, 0.2) is 18.5 Å². The van der Waals surface area contributed by atoms with Crippen LogP contribution in [0.25, 0.3) is 0 Å². The highest BCUT2D eigenvalue weighted by atomic mass is 79.9. The summed E-state index contributed by atoms with van der Waals surface area (Å²) in [6, 6.07) is 11.9. The molecule has 2 aromatic heterocycles. The number of halogens is 1. The van der Waals surface area contributed by atoms with Gasteiger partial charge in [-0.25, -0.2) is 4.79 Å². The minimum atomic E-state index is -1.98. The molecule has 10 heteroatoms. The quantitative estimate of drug-likeness (QED) is 0.306. The number of benzene rings is 1. The van der Waals surface area contributed by atoms with E-state index in [2.05, 4.69) is 10.5 Å². The molecule has 0 aliphatic carbocycles. The summed E-state index contributed by atoms with van der Waals surface area (Å²) >= 11 is 0. The third-order valence-electron chi connectivity index (χ3n) is 6.91. The van der Waals surface area contributed by atoms with E-state index in [9.17, 15) is 14.7 Å². The standard InChI is InChI=1S/C24H25N3O6.BrH/c28-22(25-21-9-13-32-26-21)15-27-10-6-17(7-11-27)20(14-27)33-23(29)24(30,19-8-12-31-16-19)18-4-2-1-3-5-18;/h1-5,8-9,12-13,16-17,20,30H,6-7,10-11,14-15H2;1H/t17?,20?,24-,27?;/m1./s1. The maximum Gasteiger partial charge on any atom is 0.348 e. The van der Waals surface area contributed by atoms with Crippen LogP contribution in [-0.2, 0) is 19.9 Å². The maximum atomic E-state index is 13.4. The second kappa shape index (κ2) is 9.73. The number of aromatic nitrogens is 1. The molecule has 3 saturated heterocycles. The molecule has 34 heavy (non-hydrogen) atoms. The van der Waals surface area contributed by atoms with E-state index in [1.807, 2.05) is 6.07 Å². The van der Waals surface area contributed by atoms with Crippen LogP contribution in [0.3, 0.4) is 0 Å². The number of anilines is 1. The van der Waals surface area contributed by atoms with Crippen LogP contribution in [0.2, 0.25) is 0 Å². The van der Waals surface area contributed by atoms with E-state index in [0.717, 1.165) is 25.9 Å². The summed E-state index contributed by atoms with van der Waals surface area (Å²) in [7, 11) is 0. The molecule has 2 bridgehead atoms. The molecule has 0 spiro atoms. The Morgan fingerprint density at radius 1 is 1.12 bits per heavy atom. The number of rotatable bonds is 7. The molecule has 5 heterocycles. The Balaban J connectivity index is 0.00000274. The Hall–Kier alpha value is -2.95. The highest BCUT2D eigenvalue weighted by Gasteiger charge is 2.51. The number of hydrogen-bond donors (Lipinski definition) is 2. The third-order valence-corrected chi connectivity index (χ3v) is 6.91. The number of esters is 1. The number of carbonyl (C=O) groups is 2. The van der Waals surface area contributed by atoms with Crippen molar-refractivity contribution in [2.24, 2.45) is 5.92 Å². The first-order chi connectivity index (χ1) is 16.0. The molecule has 2 N–H and O–H groups in total. The zero-order chi connectivity index (χ0) is 22.9. The summed E-state index contributed by atoms with van der Waals surface area (Å²) in [6.45, 7) is 2.47. The van der Waals surface area contributed by atoms with Crippen LogP contribution in [0, 0.1) is 5.92 Å². The molecule has 1 amide bonds. The topological polar surface area (TPSA) is 115 Å². The summed E-state index contributed by atoms with van der Waals surface area (Å²) in [6.07, 6.45) is 5.49. The van der Waals surface area contributed by atoms with E-state index in [1.165, 1.54) is 18.8 Å². The summed E-state index contributed by atoms with van der Waals surface area (Å²) in [5.74, 6) is -0.314. The van der Waals surface area contributed by atoms with E-state index in [1.54, 1.807) is 36.4 Å². The molecule has 9 nitrogen and oxygen atoms in total. The maximum absolute atomic E-state index is 13.4. The van der Waals surface area contributed by atoms with Crippen LogP contribution in [0.4, 0.5) is 5.82 Å². The van der Waals surface area contributed by atoms with Crippen LogP contribution in [-0.4, -0.2) is 58.9 Å². The van der Waals surface area contributed by atoms with Gasteiger partial charge in [-0.05, 0) is 11.6 Å². The van der Waals surface area contributed by atoms with Crippen molar-refractivity contribution in [1.29, 1.82) is 0 Å². The lowest BCUT2D eigenvalue weighted by molar-refractivity contribution is -0.939. The molecule has 3 fully saturated rings. The number of ether oxygens (including phenoxy) is 1. The first kappa shape index (κ1) is 24.2. The number of furan rings is 1. The van der Waals surface area contributed by atoms with Crippen LogP contribution in [0.1, 0.15) is 24.0 Å². The number of nitrogens with zero attached hydrogens (tertiary/aromatic N) is 2. The zero-order valence-corrected chi connectivity index (χ0v) is 20.0. The summed E-state index contributed by atoms with van der Waals surface area (Å²) in [4.78, 5) is 26.0. The lowest BCUT2D eigenvalue weighted by atomic mass is 9.82. The lowest BCUT2D eigenvalue weighted by Crippen LogP contribution is -3.00. The third kappa shape index (κ3) is 4.53. The van der Waals surface area contributed by atoms with E-state index in [4.69, 9.17) is 13.7 Å². The minimum Gasteiger partial charge on any atom is -1.00 e. The molecule has 3 aromatic rings. The van der Waals surface area contributed by atoms with Gasteiger partial charge in [-0.15, -0.1) is 0 Å². The Kier molecular flexibility index (Phi) is 6.92. The Labute approximate surface area is 207 Å². The monoisotopic (exact) mass is 531 g/mol. The van der Waals surface area contributed by atoms with E-state index in [0.29, 0.717) is 28.0 Å². The van der Waals surface area contributed by atoms with Gasteiger partial charge in [-0.1, -0.05) is 35.5 Å². The average Bonchev–Trinajstić information content (AvgIpc) is 3.54. The number of carbonyl (C=O) groups excluding carboxylic acids is 2. The average molecular weight is 532 g/mol. The smallest absolute Gasteiger partial charge is 0.348 e. The van der Waals surface area contributed by atoms with Gasteiger partial charge < -0.3 is 45.6 Å². The number of fused-ring (bicyclic) bond motifs is 3. The van der Waals surface area contributed by atoms with Gasteiger partial charge in [0.1, 0.15) is 12.8 Å². The van der Waals surface area contributed by atoms with Crippen molar-refractivity contribution in [3.05, 3.63) is 72.4 Å². The van der Waals surface area contributed by atoms with Gasteiger partial charge in [0.05, 0.1) is 25.6 Å². The zero-order valence-electron chi connectivity index (χ0n) is 18.4. The fourth-order valence-electron chi connectivity index (χ4n) is 5.12. The Morgan fingerprint density at radius 2 is 1.88 bits per heavy atom. The van der Waals surface area contributed by atoms with Crippen molar-refractivity contribution in [3.63, 3.8) is 0 Å². The molecule has 0 radical (unpaired) electrons. The molecule has 1 unspecified atom stereocenters. The highest BCUT2D eigenvalue weighted by molar-refractivity contribution is 5.90. The SMILES string of the molecule is O=C(C[N+]12CCC(CC1)C(OC(=O)[C@@](O)(c1ccccc1)c1ccoc1)C2)Nc1ccon1.[Br-]. The molecule has 6 rings (SSSR count). The van der Waals surface area contributed by atoms with Crippen LogP contribution >= 0.6 is 0 Å². The summed E-state index contributed by atoms with van der Waals surface area (Å²) in [5, 5.41) is 18.0. The van der Waals surface area contributed by atoms with Crippen LogP contribution in [0.5, 0.6) is 0 Å². The fourth-order valence-corrected chi connectivity index (χ4v) is 5.12. The van der Waals surface area contributed by atoms with Gasteiger partial charge in [-0.2, -0.15) is 0 Å². The number of hydrogen-bond acceptors (Lipinski definition) is 7. The van der Waals surface area contributed by atoms with Crippen LogP contribution in [0.15, 0.2) is 70.2 Å². The Morgan fingerprint density at radius 3 is 2.53 bits per heavy atom. The highest BCUT2D eigenvalue weighted by Crippen LogP contribution is 2.38. The van der Waals surface area contributed by atoms with Crippen molar-refractivity contribution in [2.45, 2.75) is 24.5 Å². The molecular formula is C24H26BrN3O6. The van der Waals surface area contributed by atoms with Gasteiger partial charge in [0.25, 0.3) is 5.91 Å². The van der Waals surface area contributed by atoms with E-state index >= 15 is 0 Å². The molecule has 180 valence electrons. The van der Waals surface area contributed by atoms with Gasteiger partial charge in [-0.3, -0.25) is 4.79 Å². The van der Waals surface area contributed by atoms with E-state index < -0.39 is 11.6 Å². The molecular weight excluding hydrogens is 506 g/mol. The summed E-state index contributed by atoms with van der Waals surface area (Å²) < 4.78 is 16.4. The van der Waals surface area contributed by atoms with Crippen molar-refractivity contribution >= 4 is 17.7 Å². The Bertz CT molecular complexity index is 1100. The molecule has 3 aliphatic heterocycles. The molecule has 2 atom stereocenters. The molecule has 0 saturated carbocycles. The second-order valence-electron chi connectivity index (χ2n) is 8.93. The first-order valence-electron chi connectivity index (χ1n) is 11.1.